The molecular formula is C15H22ClNO2S. The van der Waals surface area contributed by atoms with Crippen molar-refractivity contribution >= 4 is 21.4 Å². The van der Waals surface area contributed by atoms with Crippen molar-refractivity contribution in [2.75, 3.05) is 12.8 Å². The standard InChI is InChI=1S/C15H22ClNO2S/c1-17-15(12-6-3-2-4-7-12)11-20(18,19)14-9-5-8-13(16)10-14/h5,8-10,12,15,17H,2-4,6-7,11H2,1H3. The van der Waals surface area contributed by atoms with Gasteiger partial charge < -0.3 is 5.32 Å². The van der Waals surface area contributed by atoms with E-state index in [9.17, 15) is 8.42 Å². The van der Waals surface area contributed by atoms with E-state index in [1.807, 2.05) is 7.05 Å². The Balaban J connectivity index is 2.13. The van der Waals surface area contributed by atoms with Crippen molar-refractivity contribution in [3.05, 3.63) is 29.3 Å². The highest BCUT2D eigenvalue weighted by atomic mass is 35.5. The number of benzene rings is 1. The predicted molar refractivity (Wildman–Crippen MR) is 82.9 cm³/mol. The van der Waals surface area contributed by atoms with E-state index in [4.69, 9.17) is 11.6 Å². The molecule has 0 heterocycles. The lowest BCUT2D eigenvalue weighted by atomic mass is 9.84. The molecule has 0 aromatic heterocycles. The summed E-state index contributed by atoms with van der Waals surface area (Å²) in [6.07, 6.45) is 5.93. The Bertz CT molecular complexity index is 539. The summed E-state index contributed by atoms with van der Waals surface area (Å²) in [4.78, 5) is 0.320. The zero-order valence-corrected chi connectivity index (χ0v) is 13.4. The van der Waals surface area contributed by atoms with Gasteiger partial charge in [-0.3, -0.25) is 0 Å². The van der Waals surface area contributed by atoms with Gasteiger partial charge in [0, 0.05) is 11.1 Å². The van der Waals surface area contributed by atoms with Crippen LogP contribution in [0.2, 0.25) is 5.02 Å². The quantitative estimate of drug-likeness (QED) is 0.907. The van der Waals surface area contributed by atoms with E-state index >= 15 is 0 Å². The molecule has 1 N–H and O–H groups in total. The molecule has 20 heavy (non-hydrogen) atoms. The zero-order chi connectivity index (χ0) is 14.6. The van der Waals surface area contributed by atoms with Gasteiger partial charge in [-0.15, -0.1) is 0 Å². The topological polar surface area (TPSA) is 46.2 Å². The van der Waals surface area contributed by atoms with Gasteiger partial charge in [0.1, 0.15) is 0 Å². The predicted octanol–water partition coefficient (Wildman–Crippen LogP) is 3.28. The Morgan fingerprint density at radius 1 is 1.30 bits per heavy atom. The molecule has 1 atom stereocenters. The van der Waals surface area contributed by atoms with Crippen LogP contribution in [0, 0.1) is 5.92 Å². The fourth-order valence-electron chi connectivity index (χ4n) is 2.98. The summed E-state index contributed by atoms with van der Waals surface area (Å²) < 4.78 is 25.0. The lowest BCUT2D eigenvalue weighted by molar-refractivity contribution is 0.292. The molecule has 1 unspecified atom stereocenters. The van der Waals surface area contributed by atoms with Gasteiger partial charge in [-0.25, -0.2) is 8.42 Å². The van der Waals surface area contributed by atoms with Gasteiger partial charge in [0.05, 0.1) is 10.6 Å². The summed E-state index contributed by atoms with van der Waals surface area (Å²) in [7, 11) is -1.44. The summed E-state index contributed by atoms with van der Waals surface area (Å²) in [5.74, 6) is 0.608. The second-order valence-electron chi connectivity index (χ2n) is 5.53. The first kappa shape index (κ1) is 15.8. The van der Waals surface area contributed by atoms with E-state index in [0.29, 0.717) is 15.8 Å². The second kappa shape index (κ2) is 6.92. The van der Waals surface area contributed by atoms with Gasteiger partial charge in [0.25, 0.3) is 0 Å². The van der Waals surface area contributed by atoms with Crippen LogP contribution in [-0.4, -0.2) is 27.3 Å². The van der Waals surface area contributed by atoms with Crippen molar-refractivity contribution in [2.24, 2.45) is 5.92 Å². The molecule has 1 aromatic rings. The van der Waals surface area contributed by atoms with Crippen molar-refractivity contribution in [1.82, 2.24) is 5.32 Å². The maximum Gasteiger partial charge on any atom is 0.179 e. The van der Waals surface area contributed by atoms with Gasteiger partial charge in [-0.2, -0.15) is 0 Å². The summed E-state index contributed by atoms with van der Waals surface area (Å²) in [5.41, 5.74) is 0. The van der Waals surface area contributed by atoms with E-state index < -0.39 is 9.84 Å². The Morgan fingerprint density at radius 2 is 2.00 bits per heavy atom. The summed E-state index contributed by atoms with van der Waals surface area (Å²) in [6, 6.07) is 6.56. The van der Waals surface area contributed by atoms with Crippen molar-refractivity contribution in [3.63, 3.8) is 0 Å². The van der Waals surface area contributed by atoms with Crippen LogP contribution >= 0.6 is 11.6 Å². The largest absolute Gasteiger partial charge is 0.316 e. The fraction of sp³-hybridized carbons (Fsp3) is 0.600. The molecule has 1 aliphatic rings. The van der Waals surface area contributed by atoms with Crippen molar-refractivity contribution in [3.8, 4) is 0 Å². The Labute approximate surface area is 126 Å². The lowest BCUT2D eigenvalue weighted by Gasteiger charge is -2.29. The van der Waals surface area contributed by atoms with Crippen LogP contribution in [0.4, 0.5) is 0 Å². The van der Waals surface area contributed by atoms with E-state index in [0.717, 1.165) is 12.8 Å². The number of hydrogen-bond donors (Lipinski definition) is 1. The minimum atomic E-state index is -3.29. The molecule has 0 spiro atoms. The average molecular weight is 316 g/mol. The number of halogens is 1. The first-order valence-electron chi connectivity index (χ1n) is 7.18. The third-order valence-corrected chi connectivity index (χ3v) is 6.15. The van der Waals surface area contributed by atoms with Crippen LogP contribution in [0.3, 0.4) is 0 Å². The van der Waals surface area contributed by atoms with E-state index in [1.165, 1.54) is 25.3 Å². The van der Waals surface area contributed by atoms with Gasteiger partial charge in [0.2, 0.25) is 0 Å². The molecular weight excluding hydrogens is 294 g/mol. The van der Waals surface area contributed by atoms with Crippen LogP contribution in [0.1, 0.15) is 32.1 Å². The number of nitrogens with one attached hydrogen (secondary N) is 1. The molecule has 0 amide bonds. The van der Waals surface area contributed by atoms with Crippen LogP contribution in [0.5, 0.6) is 0 Å². The van der Waals surface area contributed by atoms with Gasteiger partial charge in [0.15, 0.2) is 9.84 Å². The highest BCUT2D eigenvalue weighted by Crippen LogP contribution is 2.28. The van der Waals surface area contributed by atoms with E-state index in [1.54, 1.807) is 18.2 Å². The number of sulfone groups is 1. The Kier molecular flexibility index (Phi) is 5.47. The SMILES string of the molecule is CNC(CS(=O)(=O)c1cccc(Cl)c1)C1CCCCC1. The van der Waals surface area contributed by atoms with Crippen LogP contribution in [0.25, 0.3) is 0 Å². The molecule has 112 valence electrons. The Hall–Kier alpha value is -0.580. The third kappa shape index (κ3) is 3.96. The molecule has 0 saturated heterocycles. The van der Waals surface area contributed by atoms with Crippen molar-refractivity contribution < 1.29 is 8.42 Å². The van der Waals surface area contributed by atoms with E-state index in [2.05, 4.69) is 5.32 Å². The molecule has 2 rings (SSSR count). The highest BCUT2D eigenvalue weighted by Gasteiger charge is 2.28. The van der Waals surface area contributed by atoms with Gasteiger partial charge >= 0.3 is 0 Å². The molecule has 0 radical (unpaired) electrons. The smallest absolute Gasteiger partial charge is 0.179 e. The summed E-state index contributed by atoms with van der Waals surface area (Å²) >= 11 is 5.89. The third-order valence-electron chi connectivity index (χ3n) is 4.14. The van der Waals surface area contributed by atoms with E-state index in [-0.39, 0.29) is 11.8 Å². The van der Waals surface area contributed by atoms with Crippen LogP contribution < -0.4 is 5.32 Å². The molecule has 0 aliphatic heterocycles. The molecule has 1 aromatic carbocycles. The second-order valence-corrected chi connectivity index (χ2v) is 8.00. The van der Waals surface area contributed by atoms with Crippen molar-refractivity contribution in [2.45, 2.75) is 43.0 Å². The maximum atomic E-state index is 12.5. The first-order chi connectivity index (χ1) is 9.53. The maximum absolute atomic E-state index is 12.5. The molecule has 1 aliphatic carbocycles. The lowest BCUT2D eigenvalue weighted by Crippen LogP contribution is -2.40. The monoisotopic (exact) mass is 315 g/mol. The molecule has 5 heteroatoms. The summed E-state index contributed by atoms with van der Waals surface area (Å²) in [5, 5.41) is 3.66. The molecule has 1 saturated carbocycles. The summed E-state index contributed by atoms with van der Waals surface area (Å²) in [6.45, 7) is 0. The zero-order valence-electron chi connectivity index (χ0n) is 11.8. The normalized spacial score (nSPS) is 18.9. The number of hydrogen-bond acceptors (Lipinski definition) is 3. The first-order valence-corrected chi connectivity index (χ1v) is 9.21. The fourth-order valence-corrected chi connectivity index (χ4v) is 4.94. The molecule has 0 bridgehead atoms. The van der Waals surface area contributed by atoms with Crippen LogP contribution in [0.15, 0.2) is 29.2 Å². The van der Waals surface area contributed by atoms with Gasteiger partial charge in [-0.1, -0.05) is 36.9 Å². The van der Waals surface area contributed by atoms with Crippen molar-refractivity contribution in [1.29, 1.82) is 0 Å². The molecule has 3 nitrogen and oxygen atoms in total. The van der Waals surface area contributed by atoms with Crippen LogP contribution in [-0.2, 0) is 9.84 Å². The minimum absolute atomic E-state index is 0.0271. The Morgan fingerprint density at radius 3 is 2.60 bits per heavy atom. The minimum Gasteiger partial charge on any atom is -0.316 e. The molecule has 1 fully saturated rings. The highest BCUT2D eigenvalue weighted by molar-refractivity contribution is 7.91. The van der Waals surface area contributed by atoms with Gasteiger partial charge in [-0.05, 0) is 44.0 Å². The average Bonchev–Trinajstić information content (AvgIpc) is 2.46. The number of rotatable bonds is 5.